The zero-order valence-corrected chi connectivity index (χ0v) is 16.6. The first kappa shape index (κ1) is 19.4. The van der Waals surface area contributed by atoms with Gasteiger partial charge in [0.05, 0.1) is 25.3 Å². The lowest BCUT2D eigenvalue weighted by atomic mass is 10.1. The summed E-state index contributed by atoms with van der Waals surface area (Å²) >= 11 is 0. The van der Waals surface area contributed by atoms with E-state index in [2.05, 4.69) is 4.74 Å². The minimum atomic E-state index is -0.435. The third kappa shape index (κ3) is 3.82. The molecular weight excluding hydrogens is 384 g/mol. The predicted octanol–water partition coefficient (Wildman–Crippen LogP) is 3.58. The van der Waals surface area contributed by atoms with Crippen LogP contribution in [-0.4, -0.2) is 42.3 Å². The molecule has 0 unspecified atom stereocenters. The summed E-state index contributed by atoms with van der Waals surface area (Å²) in [6.07, 6.45) is 0. The summed E-state index contributed by atoms with van der Waals surface area (Å²) in [5.74, 6) is 0.496. The molecule has 30 heavy (non-hydrogen) atoms. The van der Waals surface area contributed by atoms with Crippen molar-refractivity contribution in [2.24, 2.45) is 0 Å². The lowest BCUT2D eigenvalue weighted by Crippen LogP contribution is -2.12. The molecule has 0 aliphatic rings. The number of imidazole rings is 1. The monoisotopic (exact) mass is 404 g/mol. The van der Waals surface area contributed by atoms with Gasteiger partial charge in [-0.1, -0.05) is 30.3 Å². The Bertz CT molecular complexity index is 1250. The molecule has 4 aromatic rings. The minimum Gasteiger partial charge on any atom is -0.482 e. The molecule has 1 aromatic heterocycles. The van der Waals surface area contributed by atoms with Crippen molar-refractivity contribution >= 4 is 33.7 Å². The summed E-state index contributed by atoms with van der Waals surface area (Å²) in [4.78, 5) is 28.0. The van der Waals surface area contributed by atoms with Crippen LogP contribution < -0.4 is 4.74 Å². The molecule has 7 nitrogen and oxygen atoms in total. The average molecular weight is 404 g/mol. The van der Waals surface area contributed by atoms with Crippen LogP contribution in [-0.2, 0) is 25.6 Å². The van der Waals surface area contributed by atoms with Crippen molar-refractivity contribution in [3.8, 4) is 17.1 Å². The molecule has 0 spiro atoms. The van der Waals surface area contributed by atoms with Gasteiger partial charge in [0.1, 0.15) is 18.1 Å². The largest absolute Gasteiger partial charge is 0.482 e. The highest BCUT2D eigenvalue weighted by atomic mass is 16.6. The summed E-state index contributed by atoms with van der Waals surface area (Å²) in [7, 11) is 2.69. The second-order valence-electron chi connectivity index (χ2n) is 6.67. The molecular formula is C23H20N2O5. The second-order valence-corrected chi connectivity index (χ2v) is 6.67. The average Bonchev–Trinajstić information content (AvgIpc) is 3.15. The van der Waals surface area contributed by atoms with E-state index in [-0.39, 0.29) is 19.1 Å². The van der Waals surface area contributed by atoms with Gasteiger partial charge in [-0.05, 0) is 41.1 Å². The molecule has 3 aromatic carbocycles. The van der Waals surface area contributed by atoms with Gasteiger partial charge in [0.15, 0.2) is 6.61 Å². The number of aromatic nitrogens is 2. The Labute approximate surface area is 172 Å². The summed E-state index contributed by atoms with van der Waals surface area (Å²) in [6.45, 7) is -0.0671. The molecule has 0 bridgehead atoms. The number of para-hydroxylation sites is 2. The maximum absolute atomic E-state index is 12.0. The van der Waals surface area contributed by atoms with E-state index in [4.69, 9.17) is 14.5 Å². The summed E-state index contributed by atoms with van der Waals surface area (Å²) in [5.41, 5.74) is 2.55. The topological polar surface area (TPSA) is 79.7 Å². The Hall–Kier alpha value is -3.87. The van der Waals surface area contributed by atoms with Gasteiger partial charge >= 0.3 is 11.9 Å². The molecule has 0 aliphatic heterocycles. The van der Waals surface area contributed by atoms with E-state index in [1.807, 2.05) is 59.2 Å². The number of nitrogens with zero attached hydrogens (tertiary/aromatic N) is 2. The normalized spacial score (nSPS) is 10.9. The van der Waals surface area contributed by atoms with Crippen molar-refractivity contribution in [2.45, 2.75) is 6.54 Å². The highest BCUT2D eigenvalue weighted by Gasteiger charge is 2.16. The van der Waals surface area contributed by atoms with E-state index in [9.17, 15) is 9.59 Å². The number of benzene rings is 3. The van der Waals surface area contributed by atoms with E-state index in [1.165, 1.54) is 14.2 Å². The second kappa shape index (κ2) is 8.24. The molecule has 0 N–H and O–H groups in total. The van der Waals surface area contributed by atoms with Crippen molar-refractivity contribution in [3.63, 3.8) is 0 Å². The van der Waals surface area contributed by atoms with Gasteiger partial charge < -0.3 is 18.8 Å². The molecule has 0 amide bonds. The fourth-order valence-corrected chi connectivity index (χ4v) is 3.30. The first-order chi connectivity index (χ1) is 14.6. The first-order valence-electron chi connectivity index (χ1n) is 9.35. The number of carbonyl (C=O) groups excluding carboxylic acids is 2. The Kier molecular flexibility index (Phi) is 5.34. The van der Waals surface area contributed by atoms with Crippen LogP contribution in [0.5, 0.6) is 5.75 Å². The molecule has 0 atom stereocenters. The summed E-state index contributed by atoms with van der Waals surface area (Å²) in [6, 6.07) is 19.2. The number of ether oxygens (including phenoxy) is 3. The van der Waals surface area contributed by atoms with E-state index < -0.39 is 5.97 Å². The fraction of sp³-hybridized carbons (Fsp3) is 0.174. The van der Waals surface area contributed by atoms with Gasteiger partial charge in [-0.15, -0.1) is 0 Å². The summed E-state index contributed by atoms with van der Waals surface area (Å²) < 4.78 is 16.8. The van der Waals surface area contributed by atoms with Crippen LogP contribution in [0.25, 0.3) is 33.2 Å². The zero-order chi connectivity index (χ0) is 21.1. The van der Waals surface area contributed by atoms with Crippen molar-refractivity contribution in [2.75, 3.05) is 20.8 Å². The molecule has 0 saturated carbocycles. The van der Waals surface area contributed by atoms with E-state index in [0.717, 1.165) is 27.4 Å². The van der Waals surface area contributed by atoms with Crippen LogP contribution in [0.15, 0.2) is 60.7 Å². The van der Waals surface area contributed by atoms with Crippen molar-refractivity contribution in [1.82, 2.24) is 9.55 Å². The predicted molar refractivity (Wildman–Crippen MR) is 112 cm³/mol. The van der Waals surface area contributed by atoms with Crippen molar-refractivity contribution < 1.29 is 23.8 Å². The standard InChI is InChI=1S/C23H20N2O5/c1-28-21(26)13-25-20-6-4-3-5-19(20)24-23(25)17-8-7-16-12-18(10-9-15(16)11-17)30-14-22(27)29-2/h3-12H,13-14H2,1-2H3. The van der Waals surface area contributed by atoms with Crippen molar-refractivity contribution in [1.29, 1.82) is 0 Å². The smallest absolute Gasteiger partial charge is 0.343 e. The molecule has 152 valence electrons. The molecule has 0 fully saturated rings. The van der Waals surface area contributed by atoms with Gasteiger partial charge in [-0.25, -0.2) is 9.78 Å². The van der Waals surface area contributed by atoms with Crippen LogP contribution in [0.2, 0.25) is 0 Å². The van der Waals surface area contributed by atoms with Crippen LogP contribution in [0.3, 0.4) is 0 Å². The van der Waals surface area contributed by atoms with Gasteiger partial charge in [-0.3, -0.25) is 4.79 Å². The minimum absolute atomic E-state index is 0.0741. The van der Waals surface area contributed by atoms with E-state index >= 15 is 0 Å². The number of methoxy groups -OCH3 is 2. The molecule has 7 heteroatoms. The number of hydrogen-bond acceptors (Lipinski definition) is 6. The maximum Gasteiger partial charge on any atom is 0.343 e. The quantitative estimate of drug-likeness (QED) is 0.457. The van der Waals surface area contributed by atoms with Gasteiger partial charge in [0.2, 0.25) is 0 Å². The van der Waals surface area contributed by atoms with Gasteiger partial charge in [0.25, 0.3) is 0 Å². The third-order valence-corrected chi connectivity index (χ3v) is 4.82. The Morgan fingerprint density at radius 1 is 0.900 bits per heavy atom. The van der Waals surface area contributed by atoms with Crippen molar-refractivity contribution in [3.05, 3.63) is 60.7 Å². The maximum atomic E-state index is 12.0. The molecule has 0 radical (unpaired) electrons. The number of rotatable bonds is 6. The lowest BCUT2D eigenvalue weighted by Gasteiger charge is -2.10. The number of fused-ring (bicyclic) bond motifs is 2. The van der Waals surface area contributed by atoms with Gasteiger partial charge in [-0.2, -0.15) is 0 Å². The Morgan fingerprint density at radius 2 is 1.63 bits per heavy atom. The van der Waals surface area contributed by atoms with Crippen LogP contribution in [0.1, 0.15) is 0 Å². The Balaban J connectivity index is 1.72. The molecule has 0 aliphatic carbocycles. The van der Waals surface area contributed by atoms with E-state index in [0.29, 0.717) is 11.6 Å². The first-order valence-corrected chi connectivity index (χ1v) is 9.35. The highest BCUT2D eigenvalue weighted by Crippen LogP contribution is 2.29. The Morgan fingerprint density at radius 3 is 2.43 bits per heavy atom. The SMILES string of the molecule is COC(=O)COc1ccc2cc(-c3nc4ccccc4n3CC(=O)OC)ccc2c1. The number of hydrogen-bond donors (Lipinski definition) is 0. The van der Waals surface area contributed by atoms with Crippen LogP contribution in [0.4, 0.5) is 0 Å². The fourth-order valence-electron chi connectivity index (χ4n) is 3.30. The van der Waals surface area contributed by atoms with E-state index in [1.54, 1.807) is 6.07 Å². The zero-order valence-electron chi connectivity index (χ0n) is 16.6. The number of carbonyl (C=O) groups is 2. The molecule has 0 saturated heterocycles. The van der Waals surface area contributed by atoms with Crippen LogP contribution >= 0.6 is 0 Å². The highest BCUT2D eigenvalue weighted by molar-refractivity contribution is 5.90. The number of esters is 2. The third-order valence-electron chi connectivity index (χ3n) is 4.82. The van der Waals surface area contributed by atoms with Crippen LogP contribution in [0, 0.1) is 0 Å². The lowest BCUT2D eigenvalue weighted by molar-refractivity contribution is -0.143. The molecule has 1 heterocycles. The summed E-state index contributed by atoms with van der Waals surface area (Å²) in [5, 5.41) is 1.94. The molecule has 4 rings (SSSR count). The van der Waals surface area contributed by atoms with Gasteiger partial charge in [0, 0.05) is 5.56 Å².